The first-order valence-corrected chi connectivity index (χ1v) is 14.5. The van der Waals surface area contributed by atoms with Crippen molar-refractivity contribution in [1.82, 2.24) is 19.1 Å². The number of hydrogen-bond acceptors (Lipinski definition) is 2. The average Bonchev–Trinajstić information content (AvgIpc) is 3.57. The zero-order valence-corrected chi connectivity index (χ0v) is 23.7. The lowest BCUT2D eigenvalue weighted by atomic mass is 9.78. The summed E-state index contributed by atoms with van der Waals surface area (Å²) < 4.78 is 4.37. The van der Waals surface area contributed by atoms with Crippen molar-refractivity contribution in [2.24, 2.45) is 20.0 Å². The summed E-state index contributed by atoms with van der Waals surface area (Å²) in [4.78, 5) is 9.97. The van der Waals surface area contributed by atoms with Gasteiger partial charge in [-0.1, -0.05) is 85.0 Å². The molecule has 202 valence electrons. The van der Waals surface area contributed by atoms with Crippen LogP contribution in [0.15, 0.2) is 133 Å². The number of imidazole rings is 2. The van der Waals surface area contributed by atoms with Crippen LogP contribution in [0.25, 0.3) is 56.0 Å². The molecule has 0 saturated carbocycles. The van der Waals surface area contributed by atoms with Crippen molar-refractivity contribution >= 4 is 33.2 Å². The third-order valence-corrected chi connectivity index (χ3v) is 8.65. The lowest BCUT2D eigenvalue weighted by molar-refractivity contribution is 0.784. The summed E-state index contributed by atoms with van der Waals surface area (Å²) in [6, 6.07) is 34.3. The highest BCUT2D eigenvalue weighted by atomic mass is 15.1. The molecule has 8 rings (SSSR count). The van der Waals surface area contributed by atoms with E-state index in [2.05, 4.69) is 139 Å². The Labute approximate surface area is 245 Å². The molecule has 4 aromatic carbocycles. The van der Waals surface area contributed by atoms with E-state index in [1.165, 1.54) is 27.8 Å². The van der Waals surface area contributed by atoms with E-state index in [9.17, 15) is 0 Å². The van der Waals surface area contributed by atoms with E-state index in [4.69, 9.17) is 9.97 Å². The third kappa shape index (κ3) is 3.99. The number of benzene rings is 4. The lowest BCUT2D eigenvalue weighted by Gasteiger charge is -2.26. The number of para-hydroxylation sites is 4. The molecule has 6 aromatic rings. The predicted octanol–water partition coefficient (Wildman–Crippen LogP) is 8.78. The van der Waals surface area contributed by atoms with Crippen LogP contribution < -0.4 is 0 Å². The van der Waals surface area contributed by atoms with Gasteiger partial charge < -0.3 is 9.13 Å². The van der Waals surface area contributed by atoms with Crippen LogP contribution in [-0.4, -0.2) is 19.1 Å². The maximum absolute atomic E-state index is 4.98. The van der Waals surface area contributed by atoms with Crippen LogP contribution in [0.3, 0.4) is 0 Å². The number of aromatic nitrogens is 4. The average molecular weight is 543 g/mol. The van der Waals surface area contributed by atoms with E-state index in [0.29, 0.717) is 5.92 Å². The van der Waals surface area contributed by atoms with E-state index in [0.717, 1.165) is 51.3 Å². The molecule has 4 heteroatoms. The molecule has 0 radical (unpaired) electrons. The van der Waals surface area contributed by atoms with E-state index >= 15 is 0 Å². The van der Waals surface area contributed by atoms with Crippen molar-refractivity contribution in [3.63, 3.8) is 0 Å². The molecule has 1 atom stereocenters. The van der Waals surface area contributed by atoms with Gasteiger partial charge in [-0.2, -0.15) is 0 Å². The third-order valence-electron chi connectivity index (χ3n) is 8.65. The molecule has 42 heavy (non-hydrogen) atoms. The first-order valence-electron chi connectivity index (χ1n) is 14.5. The van der Waals surface area contributed by atoms with E-state index in [1.54, 1.807) is 0 Å². The highest BCUT2D eigenvalue weighted by Crippen LogP contribution is 2.43. The monoisotopic (exact) mass is 542 g/mol. The van der Waals surface area contributed by atoms with E-state index in [-0.39, 0.29) is 0 Å². The molecule has 2 heterocycles. The molecule has 0 saturated heterocycles. The van der Waals surface area contributed by atoms with Crippen molar-refractivity contribution in [2.75, 3.05) is 0 Å². The Bertz CT molecular complexity index is 2150. The number of nitrogens with zero attached hydrogens (tertiary/aromatic N) is 4. The van der Waals surface area contributed by atoms with Crippen LogP contribution in [0.5, 0.6) is 0 Å². The molecule has 0 spiro atoms. The normalized spacial score (nSPS) is 16.3. The van der Waals surface area contributed by atoms with Gasteiger partial charge >= 0.3 is 0 Å². The summed E-state index contributed by atoms with van der Waals surface area (Å²) >= 11 is 0. The van der Waals surface area contributed by atoms with Crippen molar-refractivity contribution in [2.45, 2.75) is 6.42 Å². The number of rotatable bonds is 4. The Morgan fingerprint density at radius 2 is 1.17 bits per heavy atom. The molecule has 0 amide bonds. The second-order valence-corrected chi connectivity index (χ2v) is 11.2. The van der Waals surface area contributed by atoms with Crippen molar-refractivity contribution in [3.05, 3.63) is 144 Å². The molecule has 4 nitrogen and oxygen atoms in total. The fourth-order valence-electron chi connectivity index (χ4n) is 6.47. The molecule has 1 unspecified atom stereocenters. The Kier molecular flexibility index (Phi) is 5.68. The molecule has 2 aliphatic carbocycles. The van der Waals surface area contributed by atoms with Crippen LogP contribution in [0.4, 0.5) is 0 Å². The standard InChI is InChI=1S/C38H30N4/c1-41-35-19-7-5-17-33(35)39-37(41)29-15-9-13-27(21-29)31-23-25-11-3-4-12-26(25)24-32(31)28-14-10-16-30(22-28)38-40-34-18-6-8-20-36(34)42(38)2/h3-11,13-24,26H,12H2,1-2H3. The summed E-state index contributed by atoms with van der Waals surface area (Å²) in [5.41, 5.74) is 12.8. The first kappa shape index (κ1) is 24.6. The fraction of sp³-hybridized carbons (Fsp3) is 0.105. The quantitative estimate of drug-likeness (QED) is 0.223. The molecule has 2 aromatic heterocycles. The molecular weight excluding hydrogens is 512 g/mol. The summed E-state index contributed by atoms with van der Waals surface area (Å²) in [5.74, 6) is 2.32. The first-order chi connectivity index (χ1) is 20.6. The fourth-order valence-corrected chi connectivity index (χ4v) is 6.47. The van der Waals surface area contributed by atoms with Crippen LogP contribution in [0, 0.1) is 5.92 Å². The number of hydrogen-bond donors (Lipinski definition) is 0. The maximum atomic E-state index is 4.98. The molecular formula is C38H30N4. The predicted molar refractivity (Wildman–Crippen MR) is 174 cm³/mol. The lowest BCUT2D eigenvalue weighted by Crippen LogP contribution is -2.09. The van der Waals surface area contributed by atoms with Gasteiger partial charge in [0.2, 0.25) is 0 Å². The van der Waals surface area contributed by atoms with Crippen molar-refractivity contribution in [1.29, 1.82) is 0 Å². The molecule has 0 bridgehead atoms. The minimum atomic E-state index is 0.371. The van der Waals surface area contributed by atoms with Gasteiger partial charge in [0, 0.05) is 31.1 Å². The Morgan fingerprint density at radius 1 is 0.619 bits per heavy atom. The van der Waals surface area contributed by atoms with Gasteiger partial charge in [0.05, 0.1) is 22.1 Å². The summed E-state index contributed by atoms with van der Waals surface area (Å²) in [6.45, 7) is 0. The Hall–Kier alpha value is -5.22. The van der Waals surface area contributed by atoms with Gasteiger partial charge in [-0.3, -0.25) is 0 Å². The van der Waals surface area contributed by atoms with Gasteiger partial charge in [0.25, 0.3) is 0 Å². The van der Waals surface area contributed by atoms with Gasteiger partial charge in [-0.15, -0.1) is 0 Å². The highest BCUT2D eigenvalue weighted by molar-refractivity contribution is 6.08. The van der Waals surface area contributed by atoms with Gasteiger partial charge in [0.15, 0.2) is 0 Å². The van der Waals surface area contributed by atoms with Crippen LogP contribution >= 0.6 is 0 Å². The zero-order valence-electron chi connectivity index (χ0n) is 23.7. The van der Waals surface area contributed by atoms with Gasteiger partial charge in [0.1, 0.15) is 11.6 Å². The van der Waals surface area contributed by atoms with Crippen molar-refractivity contribution < 1.29 is 0 Å². The second-order valence-electron chi connectivity index (χ2n) is 11.2. The summed E-state index contributed by atoms with van der Waals surface area (Å²) in [5, 5.41) is 0. The number of fused-ring (bicyclic) bond motifs is 3. The van der Waals surface area contributed by atoms with E-state index in [1.807, 2.05) is 12.1 Å². The second kappa shape index (κ2) is 9.71. The van der Waals surface area contributed by atoms with Crippen LogP contribution in [0.1, 0.15) is 17.5 Å². The van der Waals surface area contributed by atoms with Gasteiger partial charge in [-0.05, 0) is 76.7 Å². The zero-order chi connectivity index (χ0) is 28.2. The topological polar surface area (TPSA) is 35.6 Å². The van der Waals surface area contributed by atoms with E-state index < -0.39 is 0 Å². The Balaban J connectivity index is 1.25. The van der Waals surface area contributed by atoms with Crippen LogP contribution in [-0.2, 0) is 14.1 Å². The molecule has 0 aliphatic heterocycles. The highest BCUT2D eigenvalue weighted by Gasteiger charge is 2.23. The molecule has 0 fully saturated rings. The number of allylic oxidation sites excluding steroid dienone is 8. The van der Waals surface area contributed by atoms with Crippen LogP contribution in [0.2, 0.25) is 0 Å². The van der Waals surface area contributed by atoms with Crippen molar-refractivity contribution in [3.8, 4) is 22.8 Å². The Morgan fingerprint density at radius 3 is 1.76 bits per heavy atom. The summed E-state index contributed by atoms with van der Waals surface area (Å²) in [7, 11) is 4.19. The smallest absolute Gasteiger partial charge is 0.140 e. The number of aryl methyl sites for hydroxylation is 2. The summed E-state index contributed by atoms with van der Waals surface area (Å²) in [6.07, 6.45) is 12.6. The minimum absolute atomic E-state index is 0.371. The minimum Gasteiger partial charge on any atom is -0.327 e. The molecule has 0 N–H and O–H groups in total. The largest absolute Gasteiger partial charge is 0.327 e. The molecule has 2 aliphatic rings. The van der Waals surface area contributed by atoms with Gasteiger partial charge in [-0.25, -0.2) is 9.97 Å². The maximum Gasteiger partial charge on any atom is 0.140 e. The SMILES string of the molecule is Cn1c(-c2cccc(C3=CC4=CC=CCC4C=C3c3cccc(-c4nc5ccccc5n4C)c3)c2)nc2ccccc21.